The molecule has 6 nitrogen and oxygen atoms in total. The summed E-state index contributed by atoms with van der Waals surface area (Å²) in [7, 11) is 1.34. The maximum Gasteiger partial charge on any atom is 0.373 e. The van der Waals surface area contributed by atoms with Crippen LogP contribution in [0.25, 0.3) is 11.3 Å². The Hall–Kier alpha value is -2.51. The zero-order valence-electron chi connectivity index (χ0n) is 15.7. The molecular weight excluding hydrogens is 376 g/mol. The third-order valence-electron chi connectivity index (χ3n) is 4.69. The van der Waals surface area contributed by atoms with E-state index in [1.165, 1.54) is 7.11 Å². The zero-order chi connectivity index (χ0) is 19.3. The number of carbonyl (C=O) groups is 1. The minimum absolute atomic E-state index is 0.213. The molecule has 1 aliphatic heterocycles. The highest BCUT2D eigenvalue weighted by atomic mass is 32.2. The minimum Gasteiger partial charge on any atom is -0.463 e. The fourth-order valence-electron chi connectivity index (χ4n) is 3.28. The Labute approximate surface area is 167 Å². The topological polar surface area (TPSA) is 66.5 Å². The minimum atomic E-state index is -0.470. The van der Waals surface area contributed by atoms with Crippen LogP contribution < -0.4 is 0 Å². The molecule has 7 heteroatoms. The SMILES string of the molecule is COC(=O)c1ccc(CSc2ncc(-c3ccccc3)n2CC2CCCO2)o1. The predicted octanol–water partition coefficient (Wildman–Crippen LogP) is 4.40. The number of esters is 1. The normalized spacial score (nSPS) is 16.4. The maximum absolute atomic E-state index is 11.6. The van der Waals surface area contributed by atoms with Gasteiger partial charge in [-0.2, -0.15) is 0 Å². The Balaban J connectivity index is 1.55. The van der Waals surface area contributed by atoms with Crippen molar-refractivity contribution in [3.8, 4) is 11.3 Å². The van der Waals surface area contributed by atoms with E-state index >= 15 is 0 Å². The van der Waals surface area contributed by atoms with Gasteiger partial charge in [-0.25, -0.2) is 9.78 Å². The van der Waals surface area contributed by atoms with E-state index in [0.29, 0.717) is 11.5 Å². The van der Waals surface area contributed by atoms with Crippen molar-refractivity contribution >= 4 is 17.7 Å². The maximum atomic E-state index is 11.6. The third kappa shape index (κ3) is 4.15. The number of hydrogen-bond acceptors (Lipinski definition) is 6. The summed E-state index contributed by atoms with van der Waals surface area (Å²) in [4.78, 5) is 16.2. The molecule has 0 spiro atoms. The fourth-order valence-corrected chi connectivity index (χ4v) is 4.17. The Kier molecular flexibility index (Phi) is 5.83. The van der Waals surface area contributed by atoms with Crippen molar-refractivity contribution in [2.24, 2.45) is 0 Å². The molecular formula is C21H22N2O4S. The standard InChI is InChI=1S/C21H22N2O4S/c1-25-20(24)19-10-9-17(27-19)14-28-21-22-12-18(15-6-3-2-4-7-15)23(21)13-16-8-5-11-26-16/h2-4,6-7,9-10,12,16H,5,8,11,13-14H2,1H3. The highest BCUT2D eigenvalue weighted by Crippen LogP contribution is 2.30. The van der Waals surface area contributed by atoms with E-state index in [2.05, 4.69) is 26.4 Å². The first-order chi connectivity index (χ1) is 13.7. The van der Waals surface area contributed by atoms with Crippen LogP contribution >= 0.6 is 11.8 Å². The van der Waals surface area contributed by atoms with Gasteiger partial charge in [-0.05, 0) is 30.5 Å². The second-order valence-electron chi connectivity index (χ2n) is 6.58. The highest BCUT2D eigenvalue weighted by Gasteiger charge is 2.21. The van der Waals surface area contributed by atoms with Crippen LogP contribution in [0.4, 0.5) is 0 Å². The first-order valence-corrected chi connectivity index (χ1v) is 10.3. The number of furan rings is 1. The molecule has 1 unspecified atom stereocenters. The number of rotatable bonds is 7. The molecule has 0 amide bonds. The summed E-state index contributed by atoms with van der Waals surface area (Å²) in [6, 6.07) is 13.7. The van der Waals surface area contributed by atoms with Crippen LogP contribution in [0.5, 0.6) is 0 Å². The molecule has 0 bridgehead atoms. The first-order valence-electron chi connectivity index (χ1n) is 9.27. The van der Waals surface area contributed by atoms with Crippen molar-refractivity contribution in [2.75, 3.05) is 13.7 Å². The average molecular weight is 398 g/mol. The lowest BCUT2D eigenvalue weighted by Gasteiger charge is -2.16. The molecule has 1 aromatic carbocycles. The van der Waals surface area contributed by atoms with Crippen LogP contribution in [-0.2, 0) is 21.8 Å². The molecule has 0 saturated carbocycles. The molecule has 3 aromatic rings. The number of carbonyl (C=O) groups excluding carboxylic acids is 1. The summed E-state index contributed by atoms with van der Waals surface area (Å²) < 4.78 is 18.3. The summed E-state index contributed by atoms with van der Waals surface area (Å²) in [5.41, 5.74) is 2.21. The molecule has 28 heavy (non-hydrogen) atoms. The van der Waals surface area contributed by atoms with Gasteiger partial charge in [-0.1, -0.05) is 42.1 Å². The molecule has 0 N–H and O–H groups in total. The fraction of sp³-hybridized carbons (Fsp3) is 0.333. The van der Waals surface area contributed by atoms with Gasteiger partial charge >= 0.3 is 5.97 Å². The van der Waals surface area contributed by atoms with E-state index in [4.69, 9.17) is 9.15 Å². The zero-order valence-corrected chi connectivity index (χ0v) is 16.5. The lowest BCUT2D eigenvalue weighted by atomic mass is 10.1. The van der Waals surface area contributed by atoms with Crippen molar-refractivity contribution < 1.29 is 18.7 Å². The molecule has 1 aliphatic rings. The van der Waals surface area contributed by atoms with Crippen molar-refractivity contribution in [3.05, 3.63) is 60.2 Å². The highest BCUT2D eigenvalue weighted by molar-refractivity contribution is 7.98. The lowest BCUT2D eigenvalue weighted by Crippen LogP contribution is -2.16. The van der Waals surface area contributed by atoms with Crippen molar-refractivity contribution in [1.29, 1.82) is 0 Å². The molecule has 3 heterocycles. The molecule has 4 rings (SSSR count). The van der Waals surface area contributed by atoms with E-state index in [9.17, 15) is 4.79 Å². The number of hydrogen-bond donors (Lipinski definition) is 0. The van der Waals surface area contributed by atoms with Gasteiger partial charge in [0.25, 0.3) is 0 Å². The van der Waals surface area contributed by atoms with Crippen molar-refractivity contribution in [3.63, 3.8) is 0 Å². The van der Waals surface area contributed by atoms with Crippen LogP contribution in [0, 0.1) is 0 Å². The van der Waals surface area contributed by atoms with Gasteiger partial charge in [0.05, 0.1) is 37.4 Å². The molecule has 146 valence electrons. The molecule has 1 fully saturated rings. The third-order valence-corrected chi connectivity index (χ3v) is 5.70. The molecule has 0 aliphatic carbocycles. The first kappa shape index (κ1) is 18.8. The smallest absolute Gasteiger partial charge is 0.373 e. The van der Waals surface area contributed by atoms with Crippen LogP contribution in [0.15, 0.2) is 58.2 Å². The van der Waals surface area contributed by atoms with Gasteiger partial charge in [0.1, 0.15) is 5.76 Å². The average Bonchev–Trinajstić information content (AvgIpc) is 3.48. The van der Waals surface area contributed by atoms with Crippen molar-refractivity contribution in [1.82, 2.24) is 9.55 Å². The molecule has 2 aromatic heterocycles. The number of thioether (sulfide) groups is 1. The van der Waals surface area contributed by atoms with E-state index in [0.717, 1.165) is 42.4 Å². The predicted molar refractivity (Wildman–Crippen MR) is 106 cm³/mol. The van der Waals surface area contributed by atoms with Gasteiger partial charge in [0.2, 0.25) is 5.76 Å². The number of imidazole rings is 1. The molecule has 1 saturated heterocycles. The monoisotopic (exact) mass is 398 g/mol. The largest absolute Gasteiger partial charge is 0.463 e. The van der Waals surface area contributed by atoms with E-state index in [1.54, 1.807) is 23.9 Å². The number of aromatic nitrogens is 2. The van der Waals surface area contributed by atoms with E-state index in [-0.39, 0.29) is 11.9 Å². The Bertz CT molecular complexity index is 929. The summed E-state index contributed by atoms with van der Waals surface area (Å²) in [6.45, 7) is 1.60. The summed E-state index contributed by atoms with van der Waals surface area (Å²) in [5, 5.41) is 0.908. The summed E-state index contributed by atoms with van der Waals surface area (Å²) in [5.74, 6) is 1.03. The molecule has 1 atom stereocenters. The van der Waals surface area contributed by atoms with Gasteiger partial charge in [-0.15, -0.1) is 0 Å². The number of benzene rings is 1. The van der Waals surface area contributed by atoms with E-state index < -0.39 is 5.97 Å². The number of ether oxygens (including phenoxy) is 2. The van der Waals surface area contributed by atoms with Gasteiger partial charge in [0, 0.05) is 6.61 Å². The van der Waals surface area contributed by atoms with Gasteiger partial charge < -0.3 is 18.5 Å². The van der Waals surface area contributed by atoms with Crippen molar-refractivity contribution in [2.45, 2.75) is 36.4 Å². The molecule has 0 radical (unpaired) electrons. The lowest BCUT2D eigenvalue weighted by molar-refractivity contribution is 0.0563. The Morgan fingerprint density at radius 3 is 2.89 bits per heavy atom. The quantitative estimate of drug-likeness (QED) is 0.434. The summed E-state index contributed by atoms with van der Waals surface area (Å²) in [6.07, 6.45) is 4.29. The second kappa shape index (κ2) is 8.67. The Morgan fingerprint density at radius 2 is 2.14 bits per heavy atom. The van der Waals surface area contributed by atoms with E-state index in [1.807, 2.05) is 24.4 Å². The Morgan fingerprint density at radius 1 is 1.29 bits per heavy atom. The number of nitrogens with zero attached hydrogens (tertiary/aromatic N) is 2. The second-order valence-corrected chi connectivity index (χ2v) is 7.53. The number of methoxy groups -OCH3 is 1. The van der Waals surface area contributed by atoms with Crippen LogP contribution in [0.2, 0.25) is 0 Å². The summed E-state index contributed by atoms with van der Waals surface area (Å²) >= 11 is 1.58. The van der Waals surface area contributed by atoms with Gasteiger partial charge in [-0.3, -0.25) is 0 Å². The van der Waals surface area contributed by atoms with Crippen LogP contribution in [0.3, 0.4) is 0 Å². The van der Waals surface area contributed by atoms with Gasteiger partial charge in [0.15, 0.2) is 5.16 Å². The van der Waals surface area contributed by atoms with Crippen LogP contribution in [0.1, 0.15) is 29.2 Å². The van der Waals surface area contributed by atoms with Crippen LogP contribution in [-0.4, -0.2) is 35.3 Å².